The molecule has 5 rings (SSSR count). The van der Waals surface area contributed by atoms with Gasteiger partial charge in [0.05, 0.1) is 18.6 Å². The Morgan fingerprint density at radius 2 is 2.03 bits per heavy atom. The summed E-state index contributed by atoms with van der Waals surface area (Å²) in [5, 5.41) is 14.8. The van der Waals surface area contributed by atoms with E-state index in [-0.39, 0.29) is 6.61 Å². The van der Waals surface area contributed by atoms with Crippen molar-refractivity contribution in [1.29, 1.82) is 0 Å². The van der Waals surface area contributed by atoms with E-state index in [9.17, 15) is 5.11 Å². The molecule has 0 amide bonds. The third-order valence-corrected chi connectivity index (χ3v) is 6.57. The Kier molecular flexibility index (Phi) is 5.35. The van der Waals surface area contributed by atoms with E-state index in [1.54, 1.807) is 0 Å². The number of ether oxygens (including phenoxy) is 1. The first-order valence-corrected chi connectivity index (χ1v) is 10.9. The largest absolute Gasteiger partial charge is 0.493 e. The molecule has 2 saturated heterocycles. The van der Waals surface area contributed by atoms with Crippen LogP contribution in [0.4, 0.5) is 5.82 Å². The highest BCUT2D eigenvalue weighted by molar-refractivity contribution is 5.88. The first-order valence-electron chi connectivity index (χ1n) is 10.9. The van der Waals surface area contributed by atoms with Gasteiger partial charge in [-0.3, -0.25) is 4.90 Å². The molecule has 0 bridgehead atoms. The van der Waals surface area contributed by atoms with Crippen molar-refractivity contribution in [3.05, 3.63) is 53.6 Å². The number of piperidine rings is 1. The summed E-state index contributed by atoms with van der Waals surface area (Å²) in [7, 11) is 0. The summed E-state index contributed by atoms with van der Waals surface area (Å²) in [6.07, 6.45) is 2.35. The van der Waals surface area contributed by atoms with Crippen LogP contribution in [0.2, 0.25) is 0 Å². The molecule has 30 heavy (non-hydrogen) atoms. The Bertz CT molecular complexity index is 1020. The number of aromatic nitrogens is 1. The molecule has 0 saturated carbocycles. The van der Waals surface area contributed by atoms with Crippen LogP contribution in [-0.2, 0) is 6.61 Å². The molecular weight excluding hydrogens is 378 g/mol. The van der Waals surface area contributed by atoms with Crippen LogP contribution in [0, 0.1) is 12.8 Å². The van der Waals surface area contributed by atoms with E-state index in [0.717, 1.165) is 66.4 Å². The molecule has 2 aliphatic rings. The molecule has 158 valence electrons. The quantitative estimate of drug-likeness (QED) is 0.697. The van der Waals surface area contributed by atoms with Crippen molar-refractivity contribution in [2.24, 2.45) is 5.92 Å². The summed E-state index contributed by atoms with van der Waals surface area (Å²) < 4.78 is 11.7. The molecule has 2 aromatic carbocycles. The lowest BCUT2D eigenvalue weighted by atomic mass is 9.91. The van der Waals surface area contributed by atoms with Crippen molar-refractivity contribution in [2.45, 2.75) is 32.4 Å². The minimum absolute atomic E-state index is 0.0484. The molecule has 6 nitrogen and oxygen atoms in total. The fraction of sp³-hybridized carbons (Fsp3) is 0.458. The first-order chi connectivity index (χ1) is 14.7. The summed E-state index contributed by atoms with van der Waals surface area (Å²) in [4.78, 5) is 5.00. The zero-order chi connectivity index (χ0) is 20.5. The van der Waals surface area contributed by atoms with Gasteiger partial charge < -0.3 is 19.3 Å². The van der Waals surface area contributed by atoms with Gasteiger partial charge in [0.1, 0.15) is 5.75 Å². The van der Waals surface area contributed by atoms with Crippen molar-refractivity contribution >= 4 is 16.8 Å². The van der Waals surface area contributed by atoms with E-state index in [4.69, 9.17) is 9.26 Å². The number of nitrogens with zero attached hydrogens (tertiary/aromatic N) is 3. The van der Waals surface area contributed by atoms with Gasteiger partial charge in [-0.1, -0.05) is 29.4 Å². The van der Waals surface area contributed by atoms with Crippen LogP contribution in [0.5, 0.6) is 5.75 Å². The van der Waals surface area contributed by atoms with Crippen LogP contribution in [0.15, 0.2) is 47.0 Å². The lowest BCUT2D eigenvalue weighted by Crippen LogP contribution is -2.57. The maximum absolute atomic E-state index is 9.37. The predicted molar refractivity (Wildman–Crippen MR) is 117 cm³/mol. The highest BCUT2D eigenvalue weighted by Crippen LogP contribution is 2.31. The normalized spacial score (nSPS) is 22.3. The van der Waals surface area contributed by atoms with Crippen molar-refractivity contribution in [1.82, 2.24) is 10.1 Å². The van der Waals surface area contributed by atoms with Crippen molar-refractivity contribution in [3.8, 4) is 5.75 Å². The summed E-state index contributed by atoms with van der Waals surface area (Å²) in [5.74, 6) is 2.42. The number of hydrogen-bond donors (Lipinski definition) is 1. The Morgan fingerprint density at radius 3 is 2.93 bits per heavy atom. The van der Waals surface area contributed by atoms with Crippen LogP contribution in [0.1, 0.15) is 24.0 Å². The van der Waals surface area contributed by atoms with Gasteiger partial charge in [-0.05, 0) is 49.1 Å². The lowest BCUT2D eigenvalue weighted by molar-refractivity contribution is 0.0725. The Labute approximate surface area is 177 Å². The SMILES string of the molecule is Cc1ccc(CO)cc1OCC1CCC2CN(c3noc4ccccc34)CCN2C1. The lowest BCUT2D eigenvalue weighted by Gasteiger charge is -2.46. The zero-order valence-corrected chi connectivity index (χ0v) is 17.5. The fourth-order valence-corrected chi connectivity index (χ4v) is 4.79. The van der Waals surface area contributed by atoms with E-state index < -0.39 is 0 Å². The second-order valence-corrected chi connectivity index (χ2v) is 8.61. The molecule has 2 fully saturated rings. The third-order valence-electron chi connectivity index (χ3n) is 6.57. The Hall–Kier alpha value is -2.57. The number of aliphatic hydroxyl groups excluding tert-OH is 1. The molecule has 6 heteroatoms. The topological polar surface area (TPSA) is 62.0 Å². The van der Waals surface area contributed by atoms with E-state index >= 15 is 0 Å². The monoisotopic (exact) mass is 407 g/mol. The number of rotatable bonds is 5. The smallest absolute Gasteiger partial charge is 0.180 e. The van der Waals surface area contributed by atoms with Gasteiger partial charge in [-0.15, -0.1) is 0 Å². The summed E-state index contributed by atoms with van der Waals surface area (Å²) in [6, 6.07) is 14.6. The number of para-hydroxylation sites is 1. The van der Waals surface area contributed by atoms with E-state index in [1.807, 2.05) is 36.4 Å². The summed E-state index contributed by atoms with van der Waals surface area (Å²) in [5.41, 5.74) is 2.88. The van der Waals surface area contributed by atoms with Crippen LogP contribution in [0.3, 0.4) is 0 Å². The minimum Gasteiger partial charge on any atom is -0.493 e. The van der Waals surface area contributed by atoms with Gasteiger partial charge in [0.25, 0.3) is 0 Å². The highest BCUT2D eigenvalue weighted by Gasteiger charge is 2.34. The van der Waals surface area contributed by atoms with Crippen LogP contribution in [0.25, 0.3) is 11.0 Å². The molecule has 2 unspecified atom stereocenters. The molecule has 0 radical (unpaired) electrons. The van der Waals surface area contributed by atoms with Crippen molar-refractivity contribution in [2.75, 3.05) is 37.7 Å². The Balaban J connectivity index is 1.19. The van der Waals surface area contributed by atoms with Crippen molar-refractivity contribution in [3.63, 3.8) is 0 Å². The van der Waals surface area contributed by atoms with E-state index in [2.05, 4.69) is 27.9 Å². The molecule has 0 aliphatic carbocycles. The number of aryl methyl sites for hydroxylation is 1. The summed E-state index contributed by atoms with van der Waals surface area (Å²) >= 11 is 0. The average molecular weight is 408 g/mol. The predicted octanol–water partition coefficient (Wildman–Crippen LogP) is 3.61. The second-order valence-electron chi connectivity index (χ2n) is 8.61. The highest BCUT2D eigenvalue weighted by atomic mass is 16.5. The molecule has 2 atom stereocenters. The number of anilines is 1. The number of fused-ring (bicyclic) bond motifs is 2. The molecule has 1 N–H and O–H groups in total. The van der Waals surface area contributed by atoms with Gasteiger partial charge >= 0.3 is 0 Å². The zero-order valence-electron chi connectivity index (χ0n) is 17.5. The number of aliphatic hydroxyl groups is 1. The van der Waals surface area contributed by atoms with Crippen molar-refractivity contribution < 1.29 is 14.4 Å². The van der Waals surface area contributed by atoms with Gasteiger partial charge in [-0.2, -0.15) is 0 Å². The van der Waals surface area contributed by atoms with E-state index in [0.29, 0.717) is 12.0 Å². The summed E-state index contributed by atoms with van der Waals surface area (Å²) in [6.45, 7) is 6.93. The standard InChI is InChI=1S/C24H29N3O3/c1-17-6-7-18(15-28)12-23(17)29-16-19-8-9-20-14-27(11-10-26(20)13-19)24-21-4-2-3-5-22(21)30-25-24/h2-7,12,19-20,28H,8-11,13-16H2,1H3. The molecule has 3 aromatic rings. The first kappa shape index (κ1) is 19.4. The fourth-order valence-electron chi connectivity index (χ4n) is 4.79. The van der Waals surface area contributed by atoms with Crippen LogP contribution in [-0.4, -0.2) is 54.0 Å². The van der Waals surface area contributed by atoms with Gasteiger partial charge in [0.2, 0.25) is 0 Å². The molecule has 1 aromatic heterocycles. The molecular formula is C24H29N3O3. The number of piperazine rings is 1. The van der Waals surface area contributed by atoms with Gasteiger partial charge in [0.15, 0.2) is 11.4 Å². The van der Waals surface area contributed by atoms with E-state index in [1.165, 1.54) is 12.8 Å². The second kappa shape index (κ2) is 8.28. The van der Waals surface area contributed by atoms with Crippen LogP contribution < -0.4 is 9.64 Å². The maximum Gasteiger partial charge on any atom is 0.180 e. The molecule has 3 heterocycles. The van der Waals surface area contributed by atoms with Gasteiger partial charge in [0, 0.05) is 38.1 Å². The average Bonchev–Trinajstić information content (AvgIpc) is 3.22. The molecule has 2 aliphatic heterocycles. The maximum atomic E-state index is 9.37. The Morgan fingerprint density at radius 1 is 1.13 bits per heavy atom. The van der Waals surface area contributed by atoms with Gasteiger partial charge in [-0.25, -0.2) is 0 Å². The number of benzene rings is 2. The molecule has 0 spiro atoms. The third kappa shape index (κ3) is 3.77. The minimum atomic E-state index is 0.0484. The number of hydrogen-bond acceptors (Lipinski definition) is 6. The van der Waals surface area contributed by atoms with Crippen LogP contribution >= 0.6 is 0 Å².